The molecule has 4 N–H and O–H groups in total. The van der Waals surface area contributed by atoms with Gasteiger partial charge in [0.05, 0.1) is 30.2 Å². The molecule has 8 nitrogen and oxygen atoms in total. The number of hydrogen-bond donors (Lipinski definition) is 4. The third-order valence-corrected chi connectivity index (χ3v) is 9.75. The van der Waals surface area contributed by atoms with Gasteiger partial charge in [-0.25, -0.2) is 0 Å². The van der Waals surface area contributed by atoms with Gasteiger partial charge in [-0.1, -0.05) is 40.2 Å². The number of fused-ring (bicyclic) bond motifs is 10. The molecular weight excluding hydrogens is 634 g/mol. The number of carbonyl (C=O) groups excluding carboxylic acids is 2. The summed E-state index contributed by atoms with van der Waals surface area (Å²) < 4.78 is 13.2. The number of rotatable bonds is 3. The summed E-state index contributed by atoms with van der Waals surface area (Å²) in [7, 11) is 1.39. The van der Waals surface area contributed by atoms with E-state index in [2.05, 4.69) is 36.8 Å². The van der Waals surface area contributed by atoms with Gasteiger partial charge < -0.3 is 29.8 Å². The van der Waals surface area contributed by atoms with Crippen LogP contribution in [0, 0.1) is 0 Å². The molecule has 1 aromatic heterocycles. The van der Waals surface area contributed by atoms with E-state index in [9.17, 15) is 24.9 Å². The molecule has 1 aliphatic heterocycles. The number of aromatic nitrogens is 1. The first-order valence-corrected chi connectivity index (χ1v) is 14.2. The average Bonchev–Trinajstić information content (AvgIpc) is 3.56. The number of ketones is 2. The number of halogens is 2. The van der Waals surface area contributed by atoms with Crippen LogP contribution in [-0.4, -0.2) is 76.1 Å². The quantitative estimate of drug-likeness (QED) is 0.243. The molecule has 0 radical (unpaired) electrons. The number of Topliss-reactive ketones (excluding diaryl/α,β-unsaturated/α-hetero) is 2. The van der Waals surface area contributed by atoms with Crippen LogP contribution in [0.3, 0.4) is 0 Å². The number of nitrogens with one attached hydrogen (secondary N) is 1. The Kier molecular flexibility index (Phi) is 5.91. The minimum Gasteiger partial charge on any atom is -0.394 e. The number of para-hydroxylation sites is 1. The van der Waals surface area contributed by atoms with Crippen molar-refractivity contribution >= 4 is 65.2 Å². The molecule has 1 unspecified atom stereocenters. The van der Waals surface area contributed by atoms with Crippen molar-refractivity contribution in [1.82, 2.24) is 4.98 Å². The van der Waals surface area contributed by atoms with Crippen molar-refractivity contribution in [3.8, 4) is 11.1 Å². The summed E-state index contributed by atoms with van der Waals surface area (Å²) in [4.78, 5) is 30.3. The van der Waals surface area contributed by atoms with Gasteiger partial charge in [-0.2, -0.15) is 0 Å². The van der Waals surface area contributed by atoms with Gasteiger partial charge >= 0.3 is 0 Å². The first-order valence-electron chi connectivity index (χ1n) is 12.6. The summed E-state index contributed by atoms with van der Waals surface area (Å²) >= 11 is 7.29. The minimum atomic E-state index is -1.37. The molecule has 1 fully saturated rings. The Hall–Kier alpha value is -2.44. The van der Waals surface area contributed by atoms with Gasteiger partial charge in [-0.05, 0) is 50.3 Å². The Bertz CT molecular complexity index is 1730. The van der Waals surface area contributed by atoms with Gasteiger partial charge in [-0.15, -0.1) is 0 Å². The smallest absolute Gasteiger partial charge is 0.172 e. The lowest BCUT2D eigenvalue weighted by atomic mass is 9.81. The molecule has 6 atom stereocenters. The fourth-order valence-corrected chi connectivity index (χ4v) is 7.93. The van der Waals surface area contributed by atoms with Crippen molar-refractivity contribution < 1.29 is 34.4 Å². The van der Waals surface area contributed by atoms with Gasteiger partial charge in [0.1, 0.15) is 24.4 Å². The van der Waals surface area contributed by atoms with Crippen molar-refractivity contribution in [2.24, 2.45) is 0 Å². The summed E-state index contributed by atoms with van der Waals surface area (Å²) in [6.07, 6.45) is -5.72. The zero-order chi connectivity index (χ0) is 27.3. The summed E-state index contributed by atoms with van der Waals surface area (Å²) in [5.74, 6) is -1.12. The Morgan fingerprint density at radius 2 is 1.67 bits per heavy atom. The molecule has 3 aliphatic rings. The fourth-order valence-electron chi connectivity index (χ4n) is 6.85. The van der Waals surface area contributed by atoms with E-state index < -0.39 is 43.0 Å². The average molecular weight is 657 g/mol. The first-order chi connectivity index (χ1) is 18.8. The topological polar surface area (TPSA) is 129 Å². The van der Waals surface area contributed by atoms with Crippen molar-refractivity contribution in [2.45, 2.75) is 42.9 Å². The second-order valence-corrected chi connectivity index (χ2v) is 12.0. The highest BCUT2D eigenvalue weighted by Gasteiger charge is 2.52. The highest BCUT2D eigenvalue weighted by Crippen LogP contribution is 2.57. The van der Waals surface area contributed by atoms with Crippen molar-refractivity contribution in [3.05, 3.63) is 67.6 Å². The first kappa shape index (κ1) is 25.5. The van der Waals surface area contributed by atoms with Crippen LogP contribution in [0.1, 0.15) is 44.2 Å². The number of aliphatic hydroxyl groups excluding tert-OH is 3. The Balaban J connectivity index is 1.61. The van der Waals surface area contributed by atoms with Gasteiger partial charge in [0, 0.05) is 43.9 Å². The number of ether oxygens (including phenoxy) is 2. The summed E-state index contributed by atoms with van der Waals surface area (Å²) in [6.45, 7) is -0.424. The van der Waals surface area contributed by atoms with E-state index in [1.54, 1.807) is 0 Å². The summed E-state index contributed by atoms with van der Waals surface area (Å²) in [5.41, 5.74) is 5.10. The second kappa shape index (κ2) is 9.04. The van der Waals surface area contributed by atoms with Crippen LogP contribution in [0.5, 0.6) is 0 Å². The monoisotopic (exact) mass is 655 g/mol. The van der Waals surface area contributed by atoms with Crippen LogP contribution in [0.2, 0.25) is 0 Å². The zero-order valence-electron chi connectivity index (χ0n) is 20.6. The van der Waals surface area contributed by atoms with Gasteiger partial charge in [0.15, 0.2) is 11.6 Å². The summed E-state index contributed by atoms with van der Waals surface area (Å²) in [5, 5.41) is 34.0. The molecule has 7 rings (SSSR count). The highest BCUT2D eigenvalue weighted by molar-refractivity contribution is 9.11. The van der Waals surface area contributed by atoms with E-state index >= 15 is 0 Å². The second-order valence-electron chi connectivity index (χ2n) is 10.3. The molecule has 4 aromatic rings. The largest absolute Gasteiger partial charge is 0.394 e. The summed E-state index contributed by atoms with van der Waals surface area (Å²) in [6, 6.07) is 11.3. The van der Waals surface area contributed by atoms with Crippen LogP contribution in [-0.2, 0) is 9.47 Å². The Morgan fingerprint density at radius 3 is 2.41 bits per heavy atom. The number of aliphatic hydroxyl groups is 3. The number of benzene rings is 3. The SMILES string of the molecule is CO[C@H]1[C@H](O)[C@@H](O)C([C@@H]2c3c(Br)cccc3-c3c4c(c5c([nH]c6c(Br)cccc65)c32)C(=O)CC4=O)O[C@@H]1CO. The van der Waals surface area contributed by atoms with Crippen LogP contribution in [0.25, 0.3) is 32.9 Å². The standard InChI is InChI=1S/C29H23Br2NO7/c1-38-28-16(9-33)39-29(27(37)26(28)36)23-17-10(4-2-6-12(17)30)18-20-14(34)8-15(35)21(20)19-11-5-3-7-13(31)24(11)32-25(19)22(18)23/h2-7,16,23,26-29,32-33,36-37H,8-9H2,1H3/t16-,23-,26-,27-,28-,29?/m1/s1. The normalized spacial score (nSPS) is 27.8. The van der Waals surface area contributed by atoms with Crippen LogP contribution in [0.15, 0.2) is 45.3 Å². The molecular formula is C29H23Br2NO7. The zero-order valence-corrected chi connectivity index (χ0v) is 23.7. The highest BCUT2D eigenvalue weighted by atomic mass is 79.9. The molecule has 39 heavy (non-hydrogen) atoms. The van der Waals surface area contributed by atoms with E-state index in [0.29, 0.717) is 33.2 Å². The van der Waals surface area contributed by atoms with Crippen LogP contribution < -0.4 is 0 Å². The Morgan fingerprint density at radius 1 is 0.949 bits per heavy atom. The maximum Gasteiger partial charge on any atom is 0.172 e. The lowest BCUT2D eigenvalue weighted by Gasteiger charge is -2.44. The minimum absolute atomic E-state index is 0.209. The van der Waals surface area contributed by atoms with Crippen LogP contribution >= 0.6 is 31.9 Å². The number of H-pyrrole nitrogens is 1. The van der Waals surface area contributed by atoms with Crippen molar-refractivity contribution in [2.75, 3.05) is 13.7 Å². The number of methoxy groups -OCH3 is 1. The maximum atomic E-state index is 13.5. The molecule has 0 amide bonds. The van der Waals surface area contributed by atoms with E-state index in [1.807, 2.05) is 36.4 Å². The molecule has 3 aromatic carbocycles. The lowest BCUT2D eigenvalue weighted by molar-refractivity contribution is -0.238. The van der Waals surface area contributed by atoms with E-state index in [4.69, 9.17) is 9.47 Å². The van der Waals surface area contributed by atoms with Crippen molar-refractivity contribution in [1.29, 1.82) is 0 Å². The molecule has 0 spiro atoms. The van der Waals surface area contributed by atoms with Gasteiger partial charge in [0.25, 0.3) is 0 Å². The fraction of sp³-hybridized carbons (Fsp3) is 0.310. The Labute approximate surface area is 239 Å². The molecule has 2 heterocycles. The number of hydrogen-bond acceptors (Lipinski definition) is 7. The van der Waals surface area contributed by atoms with Crippen LogP contribution in [0.4, 0.5) is 0 Å². The third kappa shape index (κ3) is 3.34. The third-order valence-electron chi connectivity index (χ3n) is 8.40. The molecule has 0 bridgehead atoms. The van der Waals surface area contributed by atoms with Gasteiger partial charge in [-0.3, -0.25) is 9.59 Å². The molecule has 200 valence electrons. The maximum absolute atomic E-state index is 13.5. The molecule has 1 saturated heterocycles. The predicted molar refractivity (Wildman–Crippen MR) is 150 cm³/mol. The molecule has 0 saturated carbocycles. The lowest BCUT2D eigenvalue weighted by Crippen LogP contribution is -2.60. The number of aromatic amines is 1. The molecule has 2 aliphatic carbocycles. The van der Waals surface area contributed by atoms with Gasteiger partial charge in [0.2, 0.25) is 0 Å². The number of carbonyl (C=O) groups is 2. The van der Waals surface area contributed by atoms with E-state index in [0.717, 1.165) is 31.0 Å². The van der Waals surface area contributed by atoms with E-state index in [1.165, 1.54) is 7.11 Å². The van der Waals surface area contributed by atoms with Crippen molar-refractivity contribution in [3.63, 3.8) is 0 Å². The predicted octanol–water partition coefficient (Wildman–Crippen LogP) is 4.22. The van der Waals surface area contributed by atoms with E-state index in [-0.39, 0.29) is 18.0 Å². The molecule has 10 heteroatoms.